The predicted molar refractivity (Wildman–Crippen MR) is 70.8 cm³/mol. The third kappa shape index (κ3) is 2.13. The molecule has 0 aliphatic carbocycles. The first kappa shape index (κ1) is 12.3. The van der Waals surface area contributed by atoms with Crippen LogP contribution in [0.2, 0.25) is 0 Å². The Hall–Kier alpha value is -2.11. The zero-order chi connectivity index (χ0) is 13.0. The molecule has 0 radical (unpaired) electrons. The molecule has 1 N–H and O–H groups in total. The molecular weight excluding hydrogens is 222 g/mol. The van der Waals surface area contributed by atoms with Crippen LogP contribution in [0.1, 0.15) is 23.1 Å². The molecule has 0 amide bonds. The van der Waals surface area contributed by atoms with Crippen LogP contribution in [0.4, 0.5) is 0 Å². The van der Waals surface area contributed by atoms with Crippen LogP contribution in [0.5, 0.6) is 0 Å². The summed E-state index contributed by atoms with van der Waals surface area (Å²) in [5.41, 5.74) is 1.29. The third-order valence-electron chi connectivity index (χ3n) is 3.18. The van der Waals surface area contributed by atoms with E-state index in [1.165, 1.54) is 0 Å². The van der Waals surface area contributed by atoms with Gasteiger partial charge in [0.1, 0.15) is 5.60 Å². The molecule has 0 fully saturated rings. The first-order valence-electron chi connectivity index (χ1n) is 5.89. The van der Waals surface area contributed by atoms with Crippen LogP contribution in [-0.2, 0) is 5.60 Å². The molecule has 2 heteroatoms. The topological polar surface area (TPSA) is 44.0 Å². The van der Waals surface area contributed by atoms with Crippen LogP contribution in [0.15, 0.2) is 54.6 Å². The second-order valence-electron chi connectivity index (χ2n) is 4.38. The van der Waals surface area contributed by atoms with Crippen LogP contribution in [0.3, 0.4) is 0 Å². The fourth-order valence-electron chi connectivity index (χ4n) is 2.22. The van der Waals surface area contributed by atoms with E-state index in [9.17, 15) is 5.11 Å². The summed E-state index contributed by atoms with van der Waals surface area (Å²) in [7, 11) is 0. The van der Waals surface area contributed by atoms with Gasteiger partial charge in [-0.25, -0.2) is 0 Å². The number of hydrogen-bond acceptors (Lipinski definition) is 2. The maximum atomic E-state index is 10.9. The highest BCUT2D eigenvalue weighted by molar-refractivity contribution is 5.41. The number of rotatable bonds is 3. The van der Waals surface area contributed by atoms with Gasteiger partial charge < -0.3 is 5.11 Å². The van der Waals surface area contributed by atoms with Crippen LogP contribution in [-0.4, -0.2) is 5.11 Å². The number of aliphatic hydroxyl groups is 1. The van der Waals surface area contributed by atoms with Crippen LogP contribution in [0.25, 0.3) is 0 Å². The summed E-state index contributed by atoms with van der Waals surface area (Å²) in [6, 6.07) is 19.1. The van der Waals surface area contributed by atoms with Crippen molar-refractivity contribution < 1.29 is 5.11 Å². The molecule has 0 aliphatic heterocycles. The minimum absolute atomic E-state index is 0.0435. The van der Waals surface area contributed by atoms with Crippen LogP contribution < -0.4 is 0 Å². The highest BCUT2D eigenvalue weighted by Gasteiger charge is 2.32. The maximum absolute atomic E-state index is 10.9. The summed E-state index contributed by atoms with van der Waals surface area (Å²) in [5.74, 6) is 0. The van der Waals surface area contributed by atoms with Gasteiger partial charge >= 0.3 is 0 Å². The van der Waals surface area contributed by atoms with E-state index in [0.717, 1.165) is 16.7 Å². The molecule has 90 valence electrons. The summed E-state index contributed by atoms with van der Waals surface area (Å²) >= 11 is 0. The van der Waals surface area contributed by atoms with E-state index in [2.05, 4.69) is 6.07 Å². The van der Waals surface area contributed by atoms with Gasteiger partial charge in [-0.15, -0.1) is 0 Å². The Labute approximate surface area is 107 Å². The first-order chi connectivity index (χ1) is 8.68. The Morgan fingerprint density at radius 2 is 1.67 bits per heavy atom. The van der Waals surface area contributed by atoms with E-state index in [1.54, 1.807) is 0 Å². The van der Waals surface area contributed by atoms with Crippen molar-refractivity contribution in [3.63, 3.8) is 0 Å². The normalized spacial score (nSPS) is 13.6. The molecule has 2 aromatic rings. The van der Waals surface area contributed by atoms with Gasteiger partial charge in [0.05, 0.1) is 12.5 Å². The van der Waals surface area contributed by atoms with Gasteiger partial charge in [0, 0.05) is 0 Å². The molecule has 0 heterocycles. The Morgan fingerprint density at radius 3 is 2.28 bits per heavy atom. The molecule has 0 aromatic heterocycles. The van der Waals surface area contributed by atoms with Gasteiger partial charge in [-0.3, -0.25) is 0 Å². The van der Waals surface area contributed by atoms with Crippen molar-refractivity contribution in [3.8, 4) is 6.07 Å². The minimum atomic E-state index is -1.23. The molecule has 0 aliphatic rings. The monoisotopic (exact) mass is 237 g/mol. The molecule has 2 rings (SSSR count). The van der Waals surface area contributed by atoms with Crippen molar-refractivity contribution >= 4 is 0 Å². The summed E-state index contributed by atoms with van der Waals surface area (Å²) in [6.45, 7) is 1.95. The zero-order valence-electron chi connectivity index (χ0n) is 10.3. The van der Waals surface area contributed by atoms with Gasteiger partial charge in [-0.2, -0.15) is 5.26 Å². The summed E-state index contributed by atoms with van der Waals surface area (Å²) in [4.78, 5) is 0. The maximum Gasteiger partial charge on any atom is 0.128 e. The van der Waals surface area contributed by atoms with Gasteiger partial charge in [0.15, 0.2) is 0 Å². The van der Waals surface area contributed by atoms with E-state index < -0.39 is 5.60 Å². The van der Waals surface area contributed by atoms with E-state index in [0.29, 0.717) is 0 Å². The first-order valence-corrected chi connectivity index (χ1v) is 5.89. The average molecular weight is 237 g/mol. The molecule has 0 unspecified atom stereocenters. The molecule has 0 saturated carbocycles. The van der Waals surface area contributed by atoms with Crippen LogP contribution in [0, 0.1) is 18.3 Å². The Balaban J connectivity index is 2.59. The number of nitrogens with zero attached hydrogens (tertiary/aromatic N) is 1. The van der Waals surface area contributed by atoms with Gasteiger partial charge in [-0.05, 0) is 23.6 Å². The molecule has 18 heavy (non-hydrogen) atoms. The highest BCUT2D eigenvalue weighted by atomic mass is 16.3. The van der Waals surface area contributed by atoms with Crippen molar-refractivity contribution in [2.45, 2.75) is 18.9 Å². The van der Waals surface area contributed by atoms with Crippen molar-refractivity contribution in [1.29, 1.82) is 5.26 Å². The Kier molecular flexibility index (Phi) is 3.45. The molecule has 0 bridgehead atoms. The summed E-state index contributed by atoms with van der Waals surface area (Å²) in [6.07, 6.45) is 0.0435. The lowest BCUT2D eigenvalue weighted by Crippen LogP contribution is -2.27. The minimum Gasteiger partial charge on any atom is -0.379 e. The molecule has 2 nitrogen and oxygen atoms in total. The molecule has 2 aromatic carbocycles. The van der Waals surface area contributed by atoms with Crippen molar-refractivity contribution in [2.75, 3.05) is 0 Å². The fraction of sp³-hybridized carbons (Fsp3) is 0.188. The number of hydrogen-bond donors (Lipinski definition) is 1. The standard InChI is InChI=1S/C16H15NO/c1-13-7-5-6-10-15(13)16(18,11-12-17)14-8-3-2-4-9-14/h2-10,18H,11H2,1H3/t16-/m0/s1. The van der Waals surface area contributed by atoms with E-state index >= 15 is 0 Å². The van der Waals surface area contributed by atoms with Crippen LogP contribution >= 0.6 is 0 Å². The van der Waals surface area contributed by atoms with Gasteiger partial charge in [-0.1, -0.05) is 54.6 Å². The zero-order valence-corrected chi connectivity index (χ0v) is 10.3. The second-order valence-corrected chi connectivity index (χ2v) is 4.38. The number of nitriles is 1. The van der Waals surface area contributed by atoms with Gasteiger partial charge in [0.25, 0.3) is 0 Å². The lowest BCUT2D eigenvalue weighted by molar-refractivity contribution is 0.0853. The van der Waals surface area contributed by atoms with E-state index in [1.807, 2.05) is 61.5 Å². The molecule has 1 atom stereocenters. The average Bonchev–Trinajstić information content (AvgIpc) is 2.40. The summed E-state index contributed by atoms with van der Waals surface area (Å²) in [5, 5.41) is 19.9. The van der Waals surface area contributed by atoms with Crippen molar-refractivity contribution in [3.05, 3.63) is 71.3 Å². The molecular formula is C16H15NO. The fourth-order valence-corrected chi connectivity index (χ4v) is 2.22. The van der Waals surface area contributed by atoms with E-state index in [4.69, 9.17) is 5.26 Å². The van der Waals surface area contributed by atoms with E-state index in [-0.39, 0.29) is 6.42 Å². The summed E-state index contributed by atoms with van der Waals surface area (Å²) < 4.78 is 0. The number of benzene rings is 2. The SMILES string of the molecule is Cc1ccccc1[C@](O)(CC#N)c1ccccc1. The van der Waals surface area contributed by atoms with Crippen molar-refractivity contribution in [1.82, 2.24) is 0 Å². The van der Waals surface area contributed by atoms with Gasteiger partial charge in [0.2, 0.25) is 0 Å². The molecule has 0 spiro atoms. The Morgan fingerprint density at radius 1 is 1.06 bits per heavy atom. The largest absolute Gasteiger partial charge is 0.379 e. The lowest BCUT2D eigenvalue weighted by Gasteiger charge is -2.28. The third-order valence-corrected chi connectivity index (χ3v) is 3.18. The highest BCUT2D eigenvalue weighted by Crippen LogP contribution is 2.34. The predicted octanol–water partition coefficient (Wildman–Crippen LogP) is 3.14. The smallest absolute Gasteiger partial charge is 0.128 e. The number of aryl methyl sites for hydroxylation is 1. The molecule has 0 saturated heterocycles. The quantitative estimate of drug-likeness (QED) is 0.891. The Bertz CT molecular complexity index is 571. The lowest BCUT2D eigenvalue weighted by atomic mass is 9.82. The van der Waals surface area contributed by atoms with Crippen molar-refractivity contribution in [2.24, 2.45) is 0 Å². The second kappa shape index (κ2) is 5.03.